The van der Waals surface area contributed by atoms with Gasteiger partial charge in [0.25, 0.3) is 0 Å². The summed E-state index contributed by atoms with van der Waals surface area (Å²) in [7, 11) is -0.139. The Kier molecular flexibility index (Phi) is 3.42. The number of pyridine rings is 1. The zero-order valence-electron chi connectivity index (χ0n) is 10.2. The van der Waals surface area contributed by atoms with Crippen molar-refractivity contribution in [2.45, 2.75) is 11.8 Å². The Hall–Kier alpha value is -1.63. The molecule has 0 unspecified atom stereocenters. The number of nitrogens with two attached hydrogens (primary N) is 1. The van der Waals surface area contributed by atoms with E-state index in [0.717, 1.165) is 6.26 Å². The summed E-state index contributed by atoms with van der Waals surface area (Å²) in [5, 5.41) is 0. The summed E-state index contributed by atoms with van der Waals surface area (Å²) in [5.41, 5.74) is 5.78. The zero-order valence-corrected chi connectivity index (χ0v) is 11.0. The zero-order chi connectivity index (χ0) is 13.4. The molecule has 94 valence electrons. The summed E-state index contributed by atoms with van der Waals surface area (Å²) >= 11 is 0. The lowest BCUT2D eigenvalue weighted by molar-refractivity contribution is 0.101. The lowest BCUT2D eigenvalue weighted by Gasteiger charge is -2.17. The van der Waals surface area contributed by atoms with E-state index in [-0.39, 0.29) is 27.9 Å². The van der Waals surface area contributed by atoms with Gasteiger partial charge >= 0.3 is 0 Å². The van der Waals surface area contributed by atoms with E-state index in [2.05, 4.69) is 4.98 Å². The van der Waals surface area contributed by atoms with E-state index in [9.17, 15) is 13.2 Å². The first kappa shape index (κ1) is 13.4. The van der Waals surface area contributed by atoms with E-state index in [1.54, 1.807) is 14.1 Å². The van der Waals surface area contributed by atoms with Crippen molar-refractivity contribution in [3.05, 3.63) is 11.8 Å². The minimum Gasteiger partial charge on any atom is -0.397 e. The fourth-order valence-corrected chi connectivity index (χ4v) is 2.28. The summed E-state index contributed by atoms with van der Waals surface area (Å²) in [6.07, 6.45) is 1.07. The second-order valence-corrected chi connectivity index (χ2v) is 5.95. The van der Waals surface area contributed by atoms with Crippen molar-refractivity contribution in [2.75, 3.05) is 31.0 Å². The molecule has 0 spiro atoms. The lowest BCUT2D eigenvalue weighted by Crippen LogP contribution is -2.18. The predicted octanol–water partition coefficient (Wildman–Crippen LogP) is 0.336. The summed E-state index contributed by atoms with van der Waals surface area (Å²) in [5.74, 6) is -0.0856. The van der Waals surface area contributed by atoms with Gasteiger partial charge in [-0.2, -0.15) is 0 Å². The number of carbonyl (C=O) groups is 1. The van der Waals surface area contributed by atoms with Gasteiger partial charge in [0, 0.05) is 27.3 Å². The number of nitrogens with zero attached hydrogens (tertiary/aromatic N) is 2. The van der Waals surface area contributed by atoms with Crippen LogP contribution in [0.4, 0.5) is 11.5 Å². The molecular weight excluding hydrogens is 242 g/mol. The van der Waals surface area contributed by atoms with Crippen molar-refractivity contribution in [1.29, 1.82) is 0 Å². The molecule has 1 rings (SSSR count). The number of carbonyl (C=O) groups excluding carboxylic acids is 1. The van der Waals surface area contributed by atoms with Crippen molar-refractivity contribution in [3.63, 3.8) is 0 Å². The van der Waals surface area contributed by atoms with E-state index in [1.807, 2.05) is 0 Å². The van der Waals surface area contributed by atoms with Gasteiger partial charge in [-0.05, 0) is 6.07 Å². The maximum atomic E-state index is 11.6. The molecule has 0 aliphatic rings. The molecule has 2 N–H and O–H groups in total. The minimum absolute atomic E-state index is 0.0185. The highest BCUT2D eigenvalue weighted by Gasteiger charge is 2.20. The van der Waals surface area contributed by atoms with Gasteiger partial charge in [0.1, 0.15) is 16.4 Å². The van der Waals surface area contributed by atoms with E-state index < -0.39 is 9.84 Å². The third kappa shape index (κ3) is 2.73. The molecule has 0 fully saturated rings. The standard InChI is InChI=1S/C10H15N3O3S/c1-6(14)9-7(11)5-8(17(4,15)16)10(12-9)13(2)3/h5H,11H2,1-4H3. The van der Waals surface area contributed by atoms with Crippen molar-refractivity contribution < 1.29 is 13.2 Å². The number of hydrogen-bond acceptors (Lipinski definition) is 6. The Morgan fingerprint density at radius 1 is 1.41 bits per heavy atom. The van der Waals surface area contributed by atoms with Gasteiger partial charge in [-0.1, -0.05) is 0 Å². The summed E-state index contributed by atoms with van der Waals surface area (Å²) in [4.78, 5) is 16.9. The van der Waals surface area contributed by atoms with Crippen LogP contribution in [-0.2, 0) is 9.84 Å². The normalized spacial score (nSPS) is 11.3. The molecule has 0 aliphatic heterocycles. The van der Waals surface area contributed by atoms with Crippen LogP contribution >= 0.6 is 0 Å². The van der Waals surface area contributed by atoms with Gasteiger partial charge in [0.2, 0.25) is 0 Å². The molecule has 1 aromatic heterocycles. The Labute approximate surface area is 100 Å². The third-order valence-corrected chi connectivity index (χ3v) is 3.25. The first-order valence-electron chi connectivity index (χ1n) is 4.83. The predicted molar refractivity (Wildman–Crippen MR) is 66.1 cm³/mol. The number of nitrogen functional groups attached to an aromatic ring is 1. The van der Waals surface area contributed by atoms with Gasteiger partial charge in [0.05, 0.1) is 5.69 Å². The molecule has 0 bridgehead atoms. The average Bonchev–Trinajstić information content (AvgIpc) is 2.14. The summed E-state index contributed by atoms with van der Waals surface area (Å²) < 4.78 is 23.2. The molecule has 0 aliphatic carbocycles. The Balaban J connectivity index is 3.64. The van der Waals surface area contributed by atoms with Crippen LogP contribution in [0.2, 0.25) is 0 Å². The highest BCUT2D eigenvalue weighted by Crippen LogP contribution is 2.26. The van der Waals surface area contributed by atoms with Crippen LogP contribution in [0.15, 0.2) is 11.0 Å². The van der Waals surface area contributed by atoms with E-state index >= 15 is 0 Å². The van der Waals surface area contributed by atoms with Crippen LogP contribution in [-0.4, -0.2) is 39.5 Å². The molecule has 0 saturated carbocycles. The lowest BCUT2D eigenvalue weighted by atomic mass is 10.2. The molecule has 0 radical (unpaired) electrons. The van der Waals surface area contributed by atoms with E-state index in [0.29, 0.717) is 0 Å². The third-order valence-electron chi connectivity index (χ3n) is 2.15. The van der Waals surface area contributed by atoms with E-state index in [1.165, 1.54) is 17.9 Å². The van der Waals surface area contributed by atoms with Crippen LogP contribution in [0.25, 0.3) is 0 Å². The van der Waals surface area contributed by atoms with Crippen LogP contribution in [0, 0.1) is 0 Å². The Morgan fingerprint density at radius 3 is 2.29 bits per heavy atom. The fourth-order valence-electron chi connectivity index (χ4n) is 1.37. The Bertz CT molecular complexity index is 564. The van der Waals surface area contributed by atoms with E-state index in [4.69, 9.17) is 5.73 Å². The maximum absolute atomic E-state index is 11.6. The molecular formula is C10H15N3O3S. The topological polar surface area (TPSA) is 93.4 Å². The summed E-state index contributed by atoms with van der Waals surface area (Å²) in [6, 6.07) is 1.27. The van der Waals surface area contributed by atoms with Gasteiger partial charge in [-0.3, -0.25) is 4.79 Å². The van der Waals surface area contributed by atoms with Gasteiger partial charge in [0.15, 0.2) is 15.6 Å². The van der Waals surface area contributed by atoms with Crippen LogP contribution in [0.5, 0.6) is 0 Å². The van der Waals surface area contributed by atoms with Crippen LogP contribution in [0.1, 0.15) is 17.4 Å². The fraction of sp³-hybridized carbons (Fsp3) is 0.400. The monoisotopic (exact) mass is 257 g/mol. The smallest absolute Gasteiger partial charge is 0.180 e. The Morgan fingerprint density at radius 2 is 1.94 bits per heavy atom. The highest BCUT2D eigenvalue weighted by atomic mass is 32.2. The SMILES string of the molecule is CC(=O)c1nc(N(C)C)c(S(C)(=O)=O)cc1N. The van der Waals surface area contributed by atoms with Crippen LogP contribution in [0.3, 0.4) is 0 Å². The van der Waals surface area contributed by atoms with Crippen LogP contribution < -0.4 is 10.6 Å². The molecule has 1 aromatic rings. The second-order valence-electron chi connectivity index (χ2n) is 3.97. The number of rotatable bonds is 3. The number of ketones is 1. The molecule has 0 amide bonds. The molecule has 1 heterocycles. The largest absolute Gasteiger partial charge is 0.397 e. The number of Topliss-reactive ketones (excluding diaryl/α,β-unsaturated/α-hetero) is 1. The van der Waals surface area contributed by atoms with Crippen molar-refractivity contribution in [1.82, 2.24) is 4.98 Å². The quantitative estimate of drug-likeness (QED) is 0.785. The first-order chi connectivity index (χ1) is 7.64. The number of aromatic nitrogens is 1. The molecule has 17 heavy (non-hydrogen) atoms. The van der Waals surface area contributed by atoms with Crippen molar-refractivity contribution >= 4 is 27.1 Å². The average molecular weight is 257 g/mol. The molecule has 7 heteroatoms. The van der Waals surface area contributed by atoms with Crippen molar-refractivity contribution in [3.8, 4) is 0 Å². The van der Waals surface area contributed by atoms with Gasteiger partial charge < -0.3 is 10.6 Å². The molecule has 0 aromatic carbocycles. The first-order valence-corrected chi connectivity index (χ1v) is 6.72. The highest BCUT2D eigenvalue weighted by molar-refractivity contribution is 7.90. The molecule has 6 nitrogen and oxygen atoms in total. The molecule has 0 saturated heterocycles. The van der Waals surface area contributed by atoms with Gasteiger partial charge in [-0.25, -0.2) is 13.4 Å². The summed E-state index contributed by atoms with van der Waals surface area (Å²) in [6.45, 7) is 1.33. The number of hydrogen-bond donors (Lipinski definition) is 1. The number of anilines is 2. The molecule has 0 atom stereocenters. The maximum Gasteiger partial charge on any atom is 0.180 e. The number of sulfone groups is 1. The second kappa shape index (κ2) is 4.33. The van der Waals surface area contributed by atoms with Gasteiger partial charge in [-0.15, -0.1) is 0 Å². The van der Waals surface area contributed by atoms with Crippen molar-refractivity contribution in [2.24, 2.45) is 0 Å². The minimum atomic E-state index is -3.44.